The first-order chi connectivity index (χ1) is 9.85. The van der Waals surface area contributed by atoms with Crippen molar-refractivity contribution in [1.29, 1.82) is 0 Å². The van der Waals surface area contributed by atoms with Gasteiger partial charge >= 0.3 is 0 Å². The molecule has 1 fully saturated rings. The average Bonchev–Trinajstić information content (AvgIpc) is 2.51. The van der Waals surface area contributed by atoms with Gasteiger partial charge in [-0.25, -0.2) is 0 Å². The molecule has 0 saturated heterocycles. The van der Waals surface area contributed by atoms with Crippen molar-refractivity contribution < 1.29 is 0 Å². The number of benzene rings is 1. The maximum atomic E-state index is 3.61. The van der Waals surface area contributed by atoms with Crippen LogP contribution in [0.4, 0.5) is 5.69 Å². The minimum atomic E-state index is 0.735. The van der Waals surface area contributed by atoms with Crippen molar-refractivity contribution in [2.75, 3.05) is 18.0 Å². The minimum Gasteiger partial charge on any atom is -0.369 e. The molecule has 2 rings (SSSR count). The van der Waals surface area contributed by atoms with Crippen LogP contribution < -0.4 is 10.2 Å². The first kappa shape index (κ1) is 15.4. The maximum Gasteiger partial charge on any atom is 0.0368 e. The van der Waals surface area contributed by atoms with Gasteiger partial charge < -0.3 is 10.2 Å². The molecule has 1 aliphatic rings. The summed E-state index contributed by atoms with van der Waals surface area (Å²) in [6.45, 7) is 6.81. The summed E-state index contributed by atoms with van der Waals surface area (Å²) >= 11 is 0. The van der Waals surface area contributed by atoms with E-state index in [9.17, 15) is 0 Å². The second-order valence-corrected chi connectivity index (χ2v) is 5.95. The van der Waals surface area contributed by atoms with Gasteiger partial charge in [-0.05, 0) is 50.8 Å². The molecule has 0 radical (unpaired) electrons. The SMILES string of the molecule is CCCCN(c1ccccc1)C1CCC(NCC)CC1. The number of rotatable bonds is 7. The zero-order valence-corrected chi connectivity index (χ0v) is 13.1. The molecule has 20 heavy (non-hydrogen) atoms. The Bertz CT molecular complexity index is 355. The monoisotopic (exact) mass is 274 g/mol. The summed E-state index contributed by atoms with van der Waals surface area (Å²) in [6, 6.07) is 12.5. The molecule has 0 unspecified atom stereocenters. The summed E-state index contributed by atoms with van der Waals surface area (Å²) in [7, 11) is 0. The van der Waals surface area contributed by atoms with Crippen LogP contribution in [0.2, 0.25) is 0 Å². The molecule has 2 nitrogen and oxygen atoms in total. The summed E-state index contributed by atoms with van der Waals surface area (Å²) in [4.78, 5) is 2.66. The van der Waals surface area contributed by atoms with Crippen molar-refractivity contribution in [3.63, 3.8) is 0 Å². The predicted octanol–water partition coefficient (Wildman–Crippen LogP) is 4.21. The highest BCUT2D eigenvalue weighted by atomic mass is 15.2. The molecule has 1 N–H and O–H groups in total. The van der Waals surface area contributed by atoms with Gasteiger partial charge in [-0.15, -0.1) is 0 Å². The fourth-order valence-corrected chi connectivity index (χ4v) is 3.35. The number of hydrogen-bond donors (Lipinski definition) is 1. The van der Waals surface area contributed by atoms with E-state index in [-0.39, 0.29) is 0 Å². The lowest BCUT2D eigenvalue weighted by Gasteiger charge is -2.38. The molecule has 0 bridgehead atoms. The van der Waals surface area contributed by atoms with Gasteiger partial charge in [0.2, 0.25) is 0 Å². The Morgan fingerprint density at radius 1 is 1.05 bits per heavy atom. The van der Waals surface area contributed by atoms with Crippen LogP contribution in [0.15, 0.2) is 30.3 Å². The molecule has 2 heteroatoms. The second-order valence-electron chi connectivity index (χ2n) is 5.95. The molecular weight excluding hydrogens is 244 g/mol. The van der Waals surface area contributed by atoms with Crippen molar-refractivity contribution in [3.05, 3.63) is 30.3 Å². The number of nitrogens with zero attached hydrogens (tertiary/aromatic N) is 1. The van der Waals surface area contributed by atoms with Crippen LogP contribution in [0.5, 0.6) is 0 Å². The number of para-hydroxylation sites is 1. The van der Waals surface area contributed by atoms with Crippen LogP contribution in [0.25, 0.3) is 0 Å². The van der Waals surface area contributed by atoms with Crippen LogP contribution in [-0.4, -0.2) is 25.2 Å². The van der Waals surface area contributed by atoms with E-state index < -0.39 is 0 Å². The number of nitrogens with one attached hydrogen (secondary N) is 1. The Morgan fingerprint density at radius 3 is 2.35 bits per heavy atom. The molecule has 1 aromatic rings. The highest BCUT2D eigenvalue weighted by Gasteiger charge is 2.25. The standard InChI is InChI=1S/C18H30N2/c1-3-5-15-20(17-9-7-6-8-10-17)18-13-11-16(12-14-18)19-4-2/h6-10,16,18-19H,3-5,11-15H2,1-2H3. The number of hydrogen-bond acceptors (Lipinski definition) is 2. The highest BCUT2D eigenvalue weighted by molar-refractivity contribution is 5.47. The average molecular weight is 274 g/mol. The minimum absolute atomic E-state index is 0.735. The summed E-state index contributed by atoms with van der Waals surface area (Å²) in [5.74, 6) is 0. The Balaban J connectivity index is 1.97. The third kappa shape index (κ3) is 4.24. The largest absolute Gasteiger partial charge is 0.369 e. The van der Waals surface area contributed by atoms with E-state index in [1.54, 1.807) is 0 Å². The summed E-state index contributed by atoms with van der Waals surface area (Å²) in [6.07, 6.45) is 7.88. The van der Waals surface area contributed by atoms with Crippen LogP contribution in [0.1, 0.15) is 52.4 Å². The molecule has 0 atom stereocenters. The molecule has 0 aliphatic heterocycles. The Labute approximate surface area is 124 Å². The van der Waals surface area contributed by atoms with E-state index in [1.807, 2.05) is 0 Å². The summed E-state index contributed by atoms with van der Waals surface area (Å²) in [5, 5.41) is 3.61. The first-order valence-electron chi connectivity index (χ1n) is 8.40. The molecule has 0 spiro atoms. The molecular formula is C18H30N2. The zero-order chi connectivity index (χ0) is 14.2. The predicted molar refractivity (Wildman–Crippen MR) is 88.4 cm³/mol. The Kier molecular flexibility index (Phi) is 6.38. The molecule has 1 saturated carbocycles. The number of anilines is 1. The Morgan fingerprint density at radius 2 is 1.75 bits per heavy atom. The van der Waals surface area contributed by atoms with E-state index in [0.29, 0.717) is 0 Å². The lowest BCUT2D eigenvalue weighted by atomic mass is 9.89. The van der Waals surface area contributed by atoms with Crippen molar-refractivity contribution in [2.45, 2.75) is 64.5 Å². The van der Waals surface area contributed by atoms with E-state index in [4.69, 9.17) is 0 Å². The van der Waals surface area contributed by atoms with Gasteiger partial charge in [-0.3, -0.25) is 0 Å². The van der Waals surface area contributed by atoms with Crippen LogP contribution in [-0.2, 0) is 0 Å². The van der Waals surface area contributed by atoms with Crippen molar-refractivity contribution in [2.24, 2.45) is 0 Å². The fourth-order valence-electron chi connectivity index (χ4n) is 3.35. The maximum absolute atomic E-state index is 3.61. The van der Waals surface area contributed by atoms with Crippen molar-refractivity contribution >= 4 is 5.69 Å². The normalized spacial score (nSPS) is 22.7. The highest BCUT2D eigenvalue weighted by Crippen LogP contribution is 2.27. The van der Waals surface area contributed by atoms with Gasteiger partial charge in [0.15, 0.2) is 0 Å². The van der Waals surface area contributed by atoms with Gasteiger partial charge in [0, 0.05) is 24.3 Å². The third-order valence-electron chi connectivity index (χ3n) is 4.47. The van der Waals surface area contributed by atoms with Gasteiger partial charge in [0.25, 0.3) is 0 Å². The summed E-state index contributed by atoms with van der Waals surface area (Å²) < 4.78 is 0. The lowest BCUT2D eigenvalue weighted by Crippen LogP contribution is -2.43. The summed E-state index contributed by atoms with van der Waals surface area (Å²) in [5.41, 5.74) is 1.41. The zero-order valence-electron chi connectivity index (χ0n) is 13.1. The molecule has 0 heterocycles. The first-order valence-corrected chi connectivity index (χ1v) is 8.40. The van der Waals surface area contributed by atoms with Crippen LogP contribution in [0, 0.1) is 0 Å². The van der Waals surface area contributed by atoms with E-state index in [0.717, 1.165) is 18.6 Å². The second kappa shape index (κ2) is 8.31. The van der Waals surface area contributed by atoms with E-state index >= 15 is 0 Å². The van der Waals surface area contributed by atoms with Crippen LogP contribution in [0.3, 0.4) is 0 Å². The van der Waals surface area contributed by atoms with Crippen molar-refractivity contribution in [3.8, 4) is 0 Å². The number of unbranched alkanes of at least 4 members (excludes halogenated alkanes) is 1. The van der Waals surface area contributed by atoms with Crippen LogP contribution >= 0.6 is 0 Å². The molecule has 1 aliphatic carbocycles. The van der Waals surface area contributed by atoms with Gasteiger partial charge in [0.1, 0.15) is 0 Å². The molecule has 0 amide bonds. The van der Waals surface area contributed by atoms with Gasteiger partial charge in [-0.2, -0.15) is 0 Å². The van der Waals surface area contributed by atoms with Gasteiger partial charge in [-0.1, -0.05) is 38.5 Å². The molecule has 112 valence electrons. The molecule has 0 aromatic heterocycles. The Hall–Kier alpha value is -1.02. The fraction of sp³-hybridized carbons (Fsp3) is 0.667. The van der Waals surface area contributed by atoms with E-state index in [2.05, 4.69) is 54.4 Å². The quantitative estimate of drug-likeness (QED) is 0.801. The molecule has 1 aromatic carbocycles. The topological polar surface area (TPSA) is 15.3 Å². The van der Waals surface area contributed by atoms with Gasteiger partial charge in [0.05, 0.1) is 0 Å². The van der Waals surface area contributed by atoms with E-state index in [1.165, 1.54) is 50.8 Å². The smallest absolute Gasteiger partial charge is 0.0368 e. The lowest BCUT2D eigenvalue weighted by molar-refractivity contribution is 0.334. The third-order valence-corrected chi connectivity index (χ3v) is 4.47. The van der Waals surface area contributed by atoms with Crippen molar-refractivity contribution in [1.82, 2.24) is 5.32 Å².